The lowest BCUT2D eigenvalue weighted by Gasteiger charge is -2.38. The summed E-state index contributed by atoms with van der Waals surface area (Å²) in [5.41, 5.74) is 2.42. The summed E-state index contributed by atoms with van der Waals surface area (Å²) in [6.07, 6.45) is -0.0260. The van der Waals surface area contributed by atoms with Crippen molar-refractivity contribution in [2.45, 2.75) is 96.7 Å². The number of carbonyl (C=O) groups is 3. The molecule has 228 valence electrons. The molecule has 1 amide bonds. The number of anilines is 1. The number of hydrogen-bond acceptors (Lipinski definition) is 9. The van der Waals surface area contributed by atoms with Crippen molar-refractivity contribution in [2.75, 3.05) is 18.4 Å². The Labute approximate surface area is 247 Å². The molecule has 0 bridgehead atoms. The molecule has 0 spiro atoms. The first kappa shape index (κ1) is 31.6. The molecule has 5 atom stereocenters. The minimum absolute atomic E-state index is 0.0459. The van der Waals surface area contributed by atoms with Crippen molar-refractivity contribution in [1.82, 2.24) is 4.90 Å². The maximum atomic E-state index is 13.0. The Bertz CT molecular complexity index is 1240. The molecule has 2 aromatic rings. The average molecular weight is 583 g/mol. The van der Waals surface area contributed by atoms with Crippen molar-refractivity contribution in [3.8, 4) is 0 Å². The summed E-state index contributed by atoms with van der Waals surface area (Å²) in [6.45, 7) is 9.64. The van der Waals surface area contributed by atoms with Gasteiger partial charge in [-0.1, -0.05) is 36.4 Å². The number of esters is 2. The molecule has 42 heavy (non-hydrogen) atoms. The van der Waals surface area contributed by atoms with Crippen molar-refractivity contribution >= 4 is 23.5 Å². The summed E-state index contributed by atoms with van der Waals surface area (Å²) in [5, 5.41) is 12.3. The summed E-state index contributed by atoms with van der Waals surface area (Å²) in [6, 6.07) is 14.5. The van der Waals surface area contributed by atoms with Crippen LogP contribution >= 0.6 is 0 Å². The van der Waals surface area contributed by atoms with Crippen LogP contribution in [-0.2, 0) is 39.9 Å². The molecule has 2 saturated heterocycles. The van der Waals surface area contributed by atoms with Crippen LogP contribution in [0.5, 0.6) is 0 Å². The molecule has 2 aromatic carbocycles. The van der Waals surface area contributed by atoms with E-state index in [2.05, 4.69) is 10.2 Å². The van der Waals surface area contributed by atoms with Crippen LogP contribution in [0.1, 0.15) is 83.0 Å². The fourth-order valence-electron chi connectivity index (χ4n) is 5.29. The summed E-state index contributed by atoms with van der Waals surface area (Å²) >= 11 is 0. The smallest absolute Gasteiger partial charge is 0.323 e. The molecule has 10 heteroatoms. The van der Waals surface area contributed by atoms with Crippen LogP contribution in [0.3, 0.4) is 0 Å². The van der Waals surface area contributed by atoms with E-state index in [1.165, 1.54) is 13.8 Å². The van der Waals surface area contributed by atoms with Gasteiger partial charge in [0.05, 0.1) is 18.8 Å². The van der Waals surface area contributed by atoms with Gasteiger partial charge in [-0.25, -0.2) is 0 Å². The molecule has 4 rings (SSSR count). The summed E-state index contributed by atoms with van der Waals surface area (Å²) < 4.78 is 23.6. The summed E-state index contributed by atoms with van der Waals surface area (Å²) in [4.78, 5) is 38.9. The molecule has 0 radical (unpaired) electrons. The third kappa shape index (κ3) is 8.61. The SMILES string of the molecule is CC(=O)OC(C)C(=O)Nc1cccc(C2OC(CN3CCCC3C(=O)OC(C)(C)C)CC(c3ccc(CO)cc3)O2)c1. The highest BCUT2D eigenvalue weighted by Crippen LogP contribution is 2.39. The molecule has 10 nitrogen and oxygen atoms in total. The van der Waals surface area contributed by atoms with Crippen LogP contribution in [0.2, 0.25) is 0 Å². The molecule has 0 saturated carbocycles. The number of rotatable bonds is 9. The molecule has 2 aliphatic rings. The van der Waals surface area contributed by atoms with Gasteiger partial charge in [0.25, 0.3) is 5.91 Å². The first-order valence-corrected chi connectivity index (χ1v) is 14.5. The summed E-state index contributed by atoms with van der Waals surface area (Å²) in [7, 11) is 0. The fraction of sp³-hybridized carbons (Fsp3) is 0.531. The molecular formula is C32H42N2O8. The first-order valence-electron chi connectivity index (χ1n) is 14.5. The minimum Gasteiger partial charge on any atom is -0.459 e. The monoisotopic (exact) mass is 582 g/mol. The van der Waals surface area contributed by atoms with Crippen LogP contribution in [0.15, 0.2) is 48.5 Å². The molecule has 5 unspecified atom stereocenters. The number of aliphatic hydroxyl groups excluding tert-OH is 1. The summed E-state index contributed by atoms with van der Waals surface area (Å²) in [5.74, 6) is -1.20. The van der Waals surface area contributed by atoms with Gasteiger partial charge in [-0.2, -0.15) is 0 Å². The predicted octanol–water partition coefficient (Wildman–Crippen LogP) is 4.42. The Kier molecular flexibility index (Phi) is 10.4. The van der Waals surface area contributed by atoms with Gasteiger partial charge < -0.3 is 29.4 Å². The molecule has 2 aliphatic heterocycles. The van der Waals surface area contributed by atoms with Crippen molar-refractivity contribution in [1.29, 1.82) is 0 Å². The van der Waals surface area contributed by atoms with E-state index >= 15 is 0 Å². The lowest BCUT2D eigenvalue weighted by atomic mass is 9.99. The second-order valence-corrected chi connectivity index (χ2v) is 11.9. The maximum absolute atomic E-state index is 13.0. The highest BCUT2D eigenvalue weighted by Gasteiger charge is 2.39. The number of ether oxygens (including phenoxy) is 4. The molecule has 0 aromatic heterocycles. The van der Waals surface area contributed by atoms with E-state index in [-0.39, 0.29) is 30.8 Å². The van der Waals surface area contributed by atoms with Gasteiger partial charge in [0.2, 0.25) is 0 Å². The Balaban J connectivity index is 1.54. The van der Waals surface area contributed by atoms with E-state index < -0.39 is 29.9 Å². The van der Waals surface area contributed by atoms with Crippen molar-refractivity contribution in [2.24, 2.45) is 0 Å². The average Bonchev–Trinajstić information content (AvgIpc) is 3.40. The quantitative estimate of drug-likeness (QED) is 0.414. The van der Waals surface area contributed by atoms with Crippen molar-refractivity contribution < 1.29 is 38.4 Å². The normalized spacial score (nSPS) is 23.7. The van der Waals surface area contributed by atoms with Gasteiger partial charge in [0.15, 0.2) is 12.4 Å². The van der Waals surface area contributed by atoms with Gasteiger partial charge in [-0.05, 0) is 70.3 Å². The predicted molar refractivity (Wildman–Crippen MR) is 155 cm³/mol. The number of likely N-dealkylation sites (tertiary alicyclic amines) is 1. The zero-order valence-corrected chi connectivity index (χ0v) is 25.0. The number of nitrogens with one attached hydrogen (secondary N) is 1. The van der Waals surface area contributed by atoms with Crippen LogP contribution in [0.4, 0.5) is 5.69 Å². The topological polar surface area (TPSA) is 124 Å². The van der Waals surface area contributed by atoms with Crippen LogP contribution in [0.25, 0.3) is 0 Å². The van der Waals surface area contributed by atoms with Gasteiger partial charge in [0.1, 0.15) is 11.6 Å². The third-order valence-corrected chi connectivity index (χ3v) is 7.23. The molecule has 2 fully saturated rings. The lowest BCUT2D eigenvalue weighted by Crippen LogP contribution is -2.45. The first-order chi connectivity index (χ1) is 19.9. The lowest BCUT2D eigenvalue weighted by molar-refractivity contribution is -0.253. The Hall–Kier alpha value is -3.31. The minimum atomic E-state index is -0.942. The van der Waals surface area contributed by atoms with E-state index in [1.54, 1.807) is 18.2 Å². The van der Waals surface area contributed by atoms with Gasteiger partial charge in [0, 0.05) is 31.1 Å². The second kappa shape index (κ2) is 13.8. The van der Waals surface area contributed by atoms with E-state index in [0.29, 0.717) is 24.2 Å². The zero-order chi connectivity index (χ0) is 30.4. The standard InChI is InChI=1S/C32H42N2O8/c1-20(39-21(2)36)29(37)33-25-9-6-8-24(16-25)31-40-26(17-28(41-31)23-13-11-22(19-35)12-14-23)18-34-15-7-10-27(34)30(38)42-32(3,4)5/h6,8-9,11-14,16,20,26-28,31,35H,7,10,15,17-19H2,1-5H3,(H,33,37). The van der Waals surface area contributed by atoms with Crippen molar-refractivity contribution in [3.63, 3.8) is 0 Å². The van der Waals surface area contributed by atoms with Gasteiger partial charge in [-0.15, -0.1) is 0 Å². The zero-order valence-electron chi connectivity index (χ0n) is 25.0. The highest BCUT2D eigenvalue weighted by atomic mass is 16.7. The number of benzene rings is 2. The number of carbonyl (C=O) groups excluding carboxylic acids is 3. The second-order valence-electron chi connectivity index (χ2n) is 11.9. The highest BCUT2D eigenvalue weighted by molar-refractivity contribution is 5.95. The molecule has 2 heterocycles. The molecular weight excluding hydrogens is 540 g/mol. The Morgan fingerprint density at radius 2 is 1.83 bits per heavy atom. The number of amides is 1. The molecule has 0 aliphatic carbocycles. The van der Waals surface area contributed by atoms with Gasteiger partial charge in [-0.3, -0.25) is 19.3 Å². The Morgan fingerprint density at radius 3 is 2.50 bits per heavy atom. The maximum Gasteiger partial charge on any atom is 0.323 e. The van der Waals surface area contributed by atoms with Crippen LogP contribution in [-0.4, -0.2) is 64.8 Å². The van der Waals surface area contributed by atoms with Crippen LogP contribution in [0, 0.1) is 0 Å². The van der Waals surface area contributed by atoms with E-state index in [4.69, 9.17) is 18.9 Å². The number of nitrogens with zero attached hydrogens (tertiary/aromatic N) is 1. The largest absolute Gasteiger partial charge is 0.459 e. The van der Waals surface area contributed by atoms with E-state index in [1.807, 2.05) is 51.1 Å². The fourth-order valence-corrected chi connectivity index (χ4v) is 5.29. The Morgan fingerprint density at radius 1 is 1.10 bits per heavy atom. The van der Waals surface area contributed by atoms with E-state index in [9.17, 15) is 19.5 Å². The van der Waals surface area contributed by atoms with Crippen molar-refractivity contribution in [3.05, 3.63) is 65.2 Å². The van der Waals surface area contributed by atoms with Gasteiger partial charge >= 0.3 is 11.9 Å². The number of aliphatic hydroxyl groups is 1. The van der Waals surface area contributed by atoms with E-state index in [0.717, 1.165) is 30.5 Å². The third-order valence-electron chi connectivity index (χ3n) is 7.23. The molecule has 2 N–H and O–H groups in total. The number of hydrogen-bond donors (Lipinski definition) is 2. The van der Waals surface area contributed by atoms with Crippen LogP contribution < -0.4 is 5.32 Å².